The van der Waals surface area contributed by atoms with Crippen molar-refractivity contribution in [3.63, 3.8) is 0 Å². The largest absolute Gasteiger partial charge is 0.459 e. The SMILES string of the molecule is COC(CN)CC(=O)Nc1ccc(NC(=O)c2ccco2)cc1. The first-order valence-electron chi connectivity index (χ1n) is 7.10. The Bertz CT molecular complexity index is 634. The molecule has 1 atom stereocenters. The van der Waals surface area contributed by atoms with E-state index in [1.54, 1.807) is 36.4 Å². The number of rotatable bonds is 7. The summed E-state index contributed by atoms with van der Waals surface area (Å²) in [6, 6.07) is 9.98. The second kappa shape index (κ2) is 8.11. The zero-order chi connectivity index (χ0) is 16.7. The Balaban J connectivity index is 1.89. The number of methoxy groups -OCH3 is 1. The molecule has 2 rings (SSSR count). The molecule has 122 valence electrons. The van der Waals surface area contributed by atoms with Gasteiger partial charge in [-0.2, -0.15) is 0 Å². The van der Waals surface area contributed by atoms with E-state index in [9.17, 15) is 9.59 Å². The highest BCUT2D eigenvalue weighted by molar-refractivity contribution is 6.02. The molecule has 0 bridgehead atoms. The summed E-state index contributed by atoms with van der Waals surface area (Å²) in [5, 5.41) is 5.44. The van der Waals surface area contributed by atoms with E-state index in [1.807, 2.05) is 0 Å². The molecule has 7 nitrogen and oxygen atoms in total. The zero-order valence-electron chi connectivity index (χ0n) is 12.7. The molecule has 1 aromatic carbocycles. The maximum absolute atomic E-state index is 11.8. The lowest BCUT2D eigenvalue weighted by Gasteiger charge is -2.12. The Labute approximate surface area is 133 Å². The molecule has 0 radical (unpaired) electrons. The fraction of sp³-hybridized carbons (Fsp3) is 0.250. The quantitative estimate of drug-likeness (QED) is 0.722. The van der Waals surface area contributed by atoms with E-state index < -0.39 is 0 Å². The summed E-state index contributed by atoms with van der Waals surface area (Å²) in [6.07, 6.45) is 1.31. The molecule has 23 heavy (non-hydrogen) atoms. The summed E-state index contributed by atoms with van der Waals surface area (Å²) in [6.45, 7) is 0.279. The lowest BCUT2D eigenvalue weighted by atomic mass is 10.2. The van der Waals surface area contributed by atoms with Gasteiger partial charge in [-0.3, -0.25) is 9.59 Å². The highest BCUT2D eigenvalue weighted by atomic mass is 16.5. The van der Waals surface area contributed by atoms with Crippen LogP contribution in [0.25, 0.3) is 0 Å². The molecule has 7 heteroatoms. The second-order valence-electron chi connectivity index (χ2n) is 4.85. The van der Waals surface area contributed by atoms with Crippen molar-refractivity contribution in [2.24, 2.45) is 5.73 Å². The minimum atomic E-state index is -0.335. The number of benzene rings is 1. The minimum absolute atomic E-state index is 0.185. The standard InChI is InChI=1S/C16H19N3O4/c1-22-13(10-17)9-15(20)18-11-4-6-12(7-5-11)19-16(21)14-3-2-8-23-14/h2-8,13H,9-10,17H2,1H3,(H,18,20)(H,19,21). The molecule has 0 aliphatic heterocycles. The summed E-state index contributed by atoms with van der Waals surface area (Å²) >= 11 is 0. The summed E-state index contributed by atoms with van der Waals surface area (Å²) in [4.78, 5) is 23.7. The minimum Gasteiger partial charge on any atom is -0.459 e. The van der Waals surface area contributed by atoms with Crippen molar-refractivity contribution < 1.29 is 18.7 Å². The molecule has 0 saturated carbocycles. The maximum atomic E-state index is 11.8. The average molecular weight is 317 g/mol. The predicted molar refractivity (Wildman–Crippen MR) is 86.2 cm³/mol. The highest BCUT2D eigenvalue weighted by Gasteiger charge is 2.12. The van der Waals surface area contributed by atoms with Crippen molar-refractivity contribution in [1.82, 2.24) is 0 Å². The van der Waals surface area contributed by atoms with Gasteiger partial charge in [-0.05, 0) is 36.4 Å². The first-order valence-corrected chi connectivity index (χ1v) is 7.10. The molecule has 2 aromatic rings. The van der Waals surface area contributed by atoms with Gasteiger partial charge in [0.1, 0.15) is 0 Å². The van der Waals surface area contributed by atoms with Gasteiger partial charge < -0.3 is 25.5 Å². The summed E-state index contributed by atoms with van der Waals surface area (Å²) in [5.74, 6) is -0.290. The van der Waals surface area contributed by atoms with Gasteiger partial charge in [0.2, 0.25) is 5.91 Å². The average Bonchev–Trinajstić information content (AvgIpc) is 3.09. The van der Waals surface area contributed by atoms with Crippen LogP contribution in [-0.2, 0) is 9.53 Å². The maximum Gasteiger partial charge on any atom is 0.291 e. The van der Waals surface area contributed by atoms with Crippen molar-refractivity contribution >= 4 is 23.2 Å². The Morgan fingerprint density at radius 2 is 1.83 bits per heavy atom. The van der Waals surface area contributed by atoms with E-state index >= 15 is 0 Å². The summed E-state index contributed by atoms with van der Waals surface area (Å²) in [7, 11) is 1.52. The van der Waals surface area contributed by atoms with Gasteiger partial charge >= 0.3 is 0 Å². The van der Waals surface area contributed by atoms with Gasteiger partial charge in [-0.25, -0.2) is 0 Å². The van der Waals surface area contributed by atoms with E-state index in [2.05, 4.69) is 10.6 Å². The van der Waals surface area contributed by atoms with Crippen molar-refractivity contribution in [3.8, 4) is 0 Å². The van der Waals surface area contributed by atoms with Crippen LogP contribution in [0.1, 0.15) is 17.0 Å². The molecule has 4 N–H and O–H groups in total. The van der Waals surface area contributed by atoms with Gasteiger partial charge in [0.25, 0.3) is 5.91 Å². The fourth-order valence-electron chi connectivity index (χ4n) is 1.92. The number of nitrogens with two attached hydrogens (primary N) is 1. The molecule has 2 amide bonds. The highest BCUT2D eigenvalue weighted by Crippen LogP contribution is 2.15. The summed E-state index contributed by atoms with van der Waals surface area (Å²) < 4.78 is 10.1. The fourth-order valence-corrected chi connectivity index (χ4v) is 1.92. The Kier molecular flexibility index (Phi) is 5.90. The van der Waals surface area contributed by atoms with Crippen LogP contribution in [-0.4, -0.2) is 31.6 Å². The van der Waals surface area contributed by atoms with Crippen molar-refractivity contribution in [1.29, 1.82) is 0 Å². The third kappa shape index (κ3) is 4.94. The van der Waals surface area contributed by atoms with Crippen LogP contribution in [0.15, 0.2) is 47.1 Å². The number of ether oxygens (including phenoxy) is 1. The van der Waals surface area contributed by atoms with Gasteiger partial charge in [0.05, 0.1) is 18.8 Å². The molecule has 0 spiro atoms. The van der Waals surface area contributed by atoms with Crippen LogP contribution >= 0.6 is 0 Å². The lowest BCUT2D eigenvalue weighted by molar-refractivity contribution is -0.118. The van der Waals surface area contributed by atoms with Gasteiger partial charge in [0, 0.05) is 25.0 Å². The summed E-state index contributed by atoms with van der Waals surface area (Å²) in [5.41, 5.74) is 6.70. The van der Waals surface area contributed by atoms with E-state index in [0.29, 0.717) is 11.4 Å². The van der Waals surface area contributed by atoms with Gasteiger partial charge in [0.15, 0.2) is 5.76 Å². The van der Waals surface area contributed by atoms with E-state index in [-0.39, 0.29) is 36.6 Å². The molecule has 0 aliphatic carbocycles. The number of amides is 2. The van der Waals surface area contributed by atoms with Crippen molar-refractivity contribution in [3.05, 3.63) is 48.4 Å². The van der Waals surface area contributed by atoms with E-state index in [4.69, 9.17) is 14.9 Å². The number of hydrogen-bond acceptors (Lipinski definition) is 5. The van der Waals surface area contributed by atoms with Crippen LogP contribution in [0, 0.1) is 0 Å². The topological polar surface area (TPSA) is 107 Å². The number of furan rings is 1. The van der Waals surface area contributed by atoms with Crippen LogP contribution in [0.2, 0.25) is 0 Å². The lowest BCUT2D eigenvalue weighted by Crippen LogP contribution is -2.28. The predicted octanol–water partition coefficient (Wildman–Crippen LogP) is 1.83. The Hall–Kier alpha value is -2.64. The third-order valence-electron chi connectivity index (χ3n) is 3.18. The monoisotopic (exact) mass is 317 g/mol. The second-order valence-corrected chi connectivity index (χ2v) is 4.85. The molecular formula is C16H19N3O4. The molecule has 1 unspecified atom stereocenters. The van der Waals surface area contributed by atoms with Crippen molar-refractivity contribution in [2.75, 3.05) is 24.3 Å². The Morgan fingerprint density at radius 1 is 1.17 bits per heavy atom. The normalized spacial score (nSPS) is 11.7. The smallest absolute Gasteiger partial charge is 0.291 e. The molecule has 0 saturated heterocycles. The van der Waals surface area contributed by atoms with Crippen LogP contribution in [0.5, 0.6) is 0 Å². The third-order valence-corrected chi connectivity index (χ3v) is 3.18. The van der Waals surface area contributed by atoms with Crippen LogP contribution < -0.4 is 16.4 Å². The van der Waals surface area contributed by atoms with E-state index in [0.717, 1.165) is 0 Å². The molecule has 0 fully saturated rings. The first-order chi connectivity index (χ1) is 11.1. The van der Waals surface area contributed by atoms with Crippen LogP contribution in [0.3, 0.4) is 0 Å². The Morgan fingerprint density at radius 3 is 2.35 bits per heavy atom. The number of carbonyl (C=O) groups is 2. The molecule has 1 aromatic heterocycles. The molecule has 0 aliphatic rings. The number of anilines is 2. The zero-order valence-corrected chi connectivity index (χ0v) is 12.7. The number of carbonyl (C=O) groups excluding carboxylic acids is 2. The first kappa shape index (κ1) is 16.7. The van der Waals surface area contributed by atoms with Crippen molar-refractivity contribution in [2.45, 2.75) is 12.5 Å². The number of nitrogens with one attached hydrogen (secondary N) is 2. The van der Waals surface area contributed by atoms with Crippen LogP contribution in [0.4, 0.5) is 11.4 Å². The molecular weight excluding hydrogens is 298 g/mol. The number of hydrogen-bond donors (Lipinski definition) is 3. The van der Waals surface area contributed by atoms with Gasteiger partial charge in [-0.15, -0.1) is 0 Å². The van der Waals surface area contributed by atoms with E-state index in [1.165, 1.54) is 13.4 Å². The molecule has 1 heterocycles. The van der Waals surface area contributed by atoms with Gasteiger partial charge in [-0.1, -0.05) is 0 Å².